The highest BCUT2D eigenvalue weighted by atomic mass is 35.5. The Kier molecular flexibility index (Phi) is 2.79. The Hall–Kier alpha value is -0.900. The zero-order valence-electron chi connectivity index (χ0n) is 3.87. The molecular formula is C3H4ClN3O. The van der Waals surface area contributed by atoms with Gasteiger partial charge in [-0.05, 0) is 0 Å². The van der Waals surface area contributed by atoms with Gasteiger partial charge < -0.3 is 4.98 Å². The number of H-pyrrole nitrogens is 1. The van der Waals surface area contributed by atoms with Crippen LogP contribution in [0.5, 0.6) is 0 Å². The molecule has 1 aromatic rings. The van der Waals surface area contributed by atoms with Gasteiger partial charge in [0.1, 0.15) is 12.5 Å². The molecule has 0 saturated carbocycles. The molecule has 0 amide bonds. The molecule has 0 aliphatic heterocycles. The van der Waals surface area contributed by atoms with Gasteiger partial charge in [0.05, 0.1) is 0 Å². The maximum Gasteiger partial charge on any atom is 0.269 e. The summed E-state index contributed by atoms with van der Waals surface area (Å²) in [4.78, 5) is 12.4. The minimum atomic E-state index is -0.227. The normalized spacial score (nSPS) is 7.50. The SMILES string of the molecule is Cl.O=c1cnnc[nH]1. The first-order valence-corrected chi connectivity index (χ1v) is 1.75. The lowest BCUT2D eigenvalue weighted by atomic mass is 10.9. The molecule has 4 nitrogen and oxygen atoms in total. The minimum absolute atomic E-state index is 0. The number of halogens is 1. The average Bonchev–Trinajstić information content (AvgIpc) is 1.69. The monoisotopic (exact) mass is 133 g/mol. The van der Waals surface area contributed by atoms with Gasteiger partial charge in [0.15, 0.2) is 0 Å². The third-order valence-electron chi connectivity index (χ3n) is 0.506. The molecule has 0 aliphatic rings. The van der Waals surface area contributed by atoms with Crippen molar-refractivity contribution >= 4 is 12.4 Å². The highest BCUT2D eigenvalue weighted by molar-refractivity contribution is 5.85. The number of hydrogen-bond acceptors (Lipinski definition) is 3. The predicted molar refractivity (Wildman–Crippen MR) is 29.9 cm³/mol. The van der Waals surface area contributed by atoms with E-state index in [1.54, 1.807) is 0 Å². The van der Waals surface area contributed by atoms with Gasteiger partial charge in [0.25, 0.3) is 5.56 Å². The van der Waals surface area contributed by atoms with E-state index in [1.807, 2.05) is 0 Å². The van der Waals surface area contributed by atoms with Crippen molar-refractivity contribution in [2.75, 3.05) is 0 Å². The van der Waals surface area contributed by atoms with Crippen molar-refractivity contribution in [3.63, 3.8) is 0 Å². The van der Waals surface area contributed by atoms with Gasteiger partial charge >= 0.3 is 0 Å². The van der Waals surface area contributed by atoms with Gasteiger partial charge in [-0.3, -0.25) is 4.79 Å². The van der Waals surface area contributed by atoms with Crippen LogP contribution >= 0.6 is 12.4 Å². The van der Waals surface area contributed by atoms with E-state index in [0.29, 0.717) is 0 Å². The van der Waals surface area contributed by atoms with Crippen molar-refractivity contribution in [2.24, 2.45) is 0 Å². The fourth-order valence-corrected chi connectivity index (χ4v) is 0.249. The number of aromatic amines is 1. The van der Waals surface area contributed by atoms with Crippen LogP contribution in [0.1, 0.15) is 0 Å². The van der Waals surface area contributed by atoms with E-state index < -0.39 is 0 Å². The van der Waals surface area contributed by atoms with Crippen molar-refractivity contribution < 1.29 is 0 Å². The molecule has 1 N–H and O–H groups in total. The number of nitrogens with zero attached hydrogens (tertiary/aromatic N) is 2. The summed E-state index contributed by atoms with van der Waals surface area (Å²) in [5, 5.41) is 6.63. The van der Waals surface area contributed by atoms with Crippen molar-refractivity contribution in [1.29, 1.82) is 0 Å². The van der Waals surface area contributed by atoms with E-state index in [-0.39, 0.29) is 18.0 Å². The van der Waals surface area contributed by atoms with Gasteiger partial charge in [-0.25, -0.2) is 0 Å². The molecule has 0 aliphatic carbocycles. The first-order chi connectivity index (χ1) is 3.39. The molecule has 0 radical (unpaired) electrons. The van der Waals surface area contributed by atoms with Crippen LogP contribution in [-0.2, 0) is 0 Å². The largest absolute Gasteiger partial charge is 0.310 e. The lowest BCUT2D eigenvalue weighted by Gasteiger charge is -1.72. The van der Waals surface area contributed by atoms with Gasteiger partial charge in [-0.2, -0.15) is 5.10 Å². The highest BCUT2D eigenvalue weighted by Gasteiger charge is 1.71. The van der Waals surface area contributed by atoms with Crippen LogP contribution in [0.3, 0.4) is 0 Å². The Morgan fingerprint density at radius 3 is 2.50 bits per heavy atom. The maximum absolute atomic E-state index is 10.1. The summed E-state index contributed by atoms with van der Waals surface area (Å²) in [5.41, 5.74) is -0.227. The number of aromatic nitrogens is 3. The van der Waals surface area contributed by atoms with E-state index in [2.05, 4.69) is 15.2 Å². The Bertz CT molecular complexity index is 180. The topological polar surface area (TPSA) is 58.6 Å². The van der Waals surface area contributed by atoms with Gasteiger partial charge in [0.2, 0.25) is 0 Å². The third kappa shape index (κ3) is 1.70. The first kappa shape index (κ1) is 7.10. The van der Waals surface area contributed by atoms with Crippen LogP contribution in [0.4, 0.5) is 0 Å². The summed E-state index contributed by atoms with van der Waals surface area (Å²) < 4.78 is 0. The second-order valence-electron chi connectivity index (χ2n) is 0.998. The standard InChI is InChI=1S/C3H3N3O.ClH/c7-3-1-5-6-2-4-3;/h1-2H,(H,4,6,7);1H. The van der Waals surface area contributed by atoms with E-state index in [4.69, 9.17) is 0 Å². The molecule has 0 aromatic carbocycles. The lowest BCUT2D eigenvalue weighted by molar-refractivity contribution is 0.943. The second kappa shape index (κ2) is 3.15. The summed E-state index contributed by atoms with van der Waals surface area (Å²) >= 11 is 0. The summed E-state index contributed by atoms with van der Waals surface area (Å²) in [6.07, 6.45) is 2.35. The van der Waals surface area contributed by atoms with Crippen LogP contribution in [0.15, 0.2) is 17.3 Å². The predicted octanol–water partition coefficient (Wildman–Crippen LogP) is -0.413. The number of hydrogen-bond donors (Lipinski definition) is 1. The second-order valence-corrected chi connectivity index (χ2v) is 0.998. The Labute approximate surface area is 51.4 Å². The van der Waals surface area contributed by atoms with Crippen LogP contribution in [0.25, 0.3) is 0 Å². The zero-order valence-corrected chi connectivity index (χ0v) is 4.68. The Morgan fingerprint density at radius 2 is 2.25 bits per heavy atom. The highest BCUT2D eigenvalue weighted by Crippen LogP contribution is 1.48. The van der Waals surface area contributed by atoms with E-state index >= 15 is 0 Å². The molecule has 0 bridgehead atoms. The van der Waals surface area contributed by atoms with Gasteiger partial charge in [0, 0.05) is 0 Å². The van der Waals surface area contributed by atoms with Crippen molar-refractivity contribution in [3.8, 4) is 0 Å². The summed E-state index contributed by atoms with van der Waals surface area (Å²) in [5.74, 6) is 0. The third-order valence-corrected chi connectivity index (χ3v) is 0.506. The summed E-state index contributed by atoms with van der Waals surface area (Å²) in [7, 11) is 0. The molecule has 0 atom stereocenters. The molecule has 0 unspecified atom stereocenters. The molecule has 1 rings (SSSR count). The average molecular weight is 134 g/mol. The number of nitrogens with one attached hydrogen (secondary N) is 1. The smallest absolute Gasteiger partial charge is 0.269 e. The fourth-order valence-electron chi connectivity index (χ4n) is 0.249. The van der Waals surface area contributed by atoms with Crippen LogP contribution in [0, 0.1) is 0 Å². The molecule has 0 spiro atoms. The maximum atomic E-state index is 10.1. The minimum Gasteiger partial charge on any atom is -0.310 e. The molecule has 8 heavy (non-hydrogen) atoms. The lowest BCUT2D eigenvalue weighted by Crippen LogP contribution is -2.03. The zero-order chi connectivity index (χ0) is 5.11. The molecule has 5 heteroatoms. The van der Waals surface area contributed by atoms with Gasteiger partial charge in [-0.1, -0.05) is 0 Å². The van der Waals surface area contributed by atoms with Crippen LogP contribution < -0.4 is 5.56 Å². The summed E-state index contributed by atoms with van der Waals surface area (Å²) in [6.45, 7) is 0. The van der Waals surface area contributed by atoms with Crippen LogP contribution in [0.2, 0.25) is 0 Å². The van der Waals surface area contributed by atoms with Crippen LogP contribution in [-0.4, -0.2) is 15.2 Å². The molecule has 1 aromatic heterocycles. The molecular weight excluding hydrogens is 130 g/mol. The molecule has 0 fully saturated rings. The van der Waals surface area contributed by atoms with Crippen molar-refractivity contribution in [3.05, 3.63) is 22.9 Å². The van der Waals surface area contributed by atoms with Gasteiger partial charge in [-0.15, -0.1) is 17.5 Å². The Balaban J connectivity index is 0.000000490. The summed E-state index contributed by atoms with van der Waals surface area (Å²) in [6, 6.07) is 0. The number of rotatable bonds is 0. The van der Waals surface area contributed by atoms with Crippen molar-refractivity contribution in [1.82, 2.24) is 15.2 Å². The quantitative estimate of drug-likeness (QED) is 0.523. The van der Waals surface area contributed by atoms with E-state index in [9.17, 15) is 4.79 Å². The Morgan fingerprint density at radius 1 is 1.50 bits per heavy atom. The van der Waals surface area contributed by atoms with E-state index in [0.717, 1.165) is 6.20 Å². The van der Waals surface area contributed by atoms with Crippen molar-refractivity contribution in [2.45, 2.75) is 0 Å². The molecule has 0 saturated heterocycles. The van der Waals surface area contributed by atoms with E-state index in [1.165, 1.54) is 6.33 Å². The molecule has 1 heterocycles. The molecule has 44 valence electrons. The first-order valence-electron chi connectivity index (χ1n) is 1.75. The fraction of sp³-hybridized carbons (Fsp3) is 0.